The summed E-state index contributed by atoms with van der Waals surface area (Å²) < 4.78 is 15.4. The number of likely N-dealkylation sites (tertiary alicyclic amines) is 1. The van der Waals surface area contributed by atoms with E-state index in [1.165, 1.54) is 11.6 Å². The second kappa shape index (κ2) is 11.2. The van der Waals surface area contributed by atoms with Crippen LogP contribution in [0, 0.1) is 16.0 Å². The summed E-state index contributed by atoms with van der Waals surface area (Å²) >= 11 is 0. The first-order chi connectivity index (χ1) is 18.9. The minimum Gasteiger partial charge on any atom is -0.418 e. The molecule has 2 aliphatic heterocycles. The summed E-state index contributed by atoms with van der Waals surface area (Å²) in [5.41, 5.74) is 0.587. The molecule has 1 fully saturated rings. The molecule has 39 heavy (non-hydrogen) atoms. The van der Waals surface area contributed by atoms with Gasteiger partial charge in [0.05, 0.1) is 10.5 Å². The van der Waals surface area contributed by atoms with E-state index in [0.29, 0.717) is 12.5 Å². The van der Waals surface area contributed by atoms with Gasteiger partial charge >= 0.3 is 17.6 Å². The monoisotopic (exact) mass is 533 g/mol. The number of nitrogens with zero attached hydrogens (tertiary/aromatic N) is 4. The van der Waals surface area contributed by atoms with E-state index in [4.69, 9.17) is 14.0 Å². The van der Waals surface area contributed by atoms with E-state index in [2.05, 4.69) is 32.5 Å². The highest BCUT2D eigenvalue weighted by Gasteiger charge is 2.31. The van der Waals surface area contributed by atoms with Crippen LogP contribution in [-0.4, -0.2) is 57.4 Å². The molecular weight excluding hydrogens is 510 g/mol. The fraction of sp³-hybridized carbons (Fsp3) is 0.269. The Labute approximate surface area is 221 Å². The molecule has 0 radical (unpaired) electrons. The number of benzene rings is 2. The first-order valence-corrected chi connectivity index (χ1v) is 12.2. The number of rotatable bonds is 7. The van der Waals surface area contributed by atoms with Gasteiger partial charge in [0.1, 0.15) is 0 Å². The van der Waals surface area contributed by atoms with Gasteiger partial charge in [-0.05, 0) is 43.5 Å². The predicted octanol–water partition coefficient (Wildman–Crippen LogP) is 2.67. The maximum Gasteiger partial charge on any atom is 0.336 e. The van der Waals surface area contributed by atoms with Crippen molar-refractivity contribution in [2.45, 2.75) is 19.4 Å². The Bertz CT molecular complexity index is 1440. The third-order valence-corrected chi connectivity index (χ3v) is 6.42. The molecule has 1 N–H and O–H groups in total. The first-order valence-electron chi connectivity index (χ1n) is 12.2. The number of hydrogen-bond donors (Lipinski definition) is 1. The van der Waals surface area contributed by atoms with Gasteiger partial charge in [0.15, 0.2) is 5.75 Å². The van der Waals surface area contributed by atoms with Gasteiger partial charge in [-0.3, -0.25) is 19.8 Å². The summed E-state index contributed by atoms with van der Waals surface area (Å²) in [5.74, 6) is -3.82. The summed E-state index contributed by atoms with van der Waals surface area (Å²) in [4.78, 5) is 53.8. The lowest BCUT2D eigenvalue weighted by Crippen LogP contribution is -2.38. The molecule has 13 heteroatoms. The second-order valence-corrected chi connectivity index (χ2v) is 9.06. The molecule has 0 atom stereocenters. The lowest BCUT2D eigenvalue weighted by Gasteiger charge is -2.32. The van der Waals surface area contributed by atoms with Crippen LogP contribution in [0.5, 0.6) is 11.5 Å². The number of nitro groups is 1. The molecule has 0 bridgehead atoms. The third kappa shape index (κ3) is 5.99. The topological polar surface area (TPSA) is 167 Å². The first kappa shape index (κ1) is 25.7. The molecule has 200 valence electrons. The highest BCUT2D eigenvalue weighted by molar-refractivity contribution is 5.97. The summed E-state index contributed by atoms with van der Waals surface area (Å²) in [7, 11) is 0. The molecule has 0 saturated carbocycles. The summed E-state index contributed by atoms with van der Waals surface area (Å²) in [5, 5.41) is 18.0. The van der Waals surface area contributed by atoms with E-state index in [1.54, 1.807) is 0 Å². The van der Waals surface area contributed by atoms with Gasteiger partial charge in [-0.15, -0.1) is 0 Å². The number of ether oxygens (including phenoxy) is 2. The molecule has 3 aromatic rings. The van der Waals surface area contributed by atoms with Crippen LogP contribution in [0.25, 0.3) is 11.5 Å². The lowest BCUT2D eigenvalue weighted by atomic mass is 9.96. The Morgan fingerprint density at radius 1 is 1.03 bits per heavy atom. The van der Waals surface area contributed by atoms with Crippen LogP contribution in [0.2, 0.25) is 0 Å². The SMILES string of the molecule is O=C1/C=C/C(=O)Oc2c([N+](=O)[O-])ccc(-c3nc(C(=O)NCC4CCN(Cc5ccccc5)CC4)no3)c2O1. The fourth-order valence-corrected chi connectivity index (χ4v) is 4.40. The van der Waals surface area contributed by atoms with Crippen LogP contribution in [0.15, 0.2) is 59.1 Å². The minimum atomic E-state index is -1.01. The van der Waals surface area contributed by atoms with Crippen LogP contribution in [-0.2, 0) is 16.1 Å². The zero-order chi connectivity index (χ0) is 27.4. The average Bonchev–Trinajstić information content (AvgIpc) is 3.42. The van der Waals surface area contributed by atoms with Crippen molar-refractivity contribution < 1.29 is 33.3 Å². The van der Waals surface area contributed by atoms with E-state index in [-0.39, 0.29) is 17.3 Å². The van der Waals surface area contributed by atoms with Crippen molar-refractivity contribution >= 4 is 23.5 Å². The minimum absolute atomic E-state index is 0.0654. The van der Waals surface area contributed by atoms with Crippen molar-refractivity contribution in [3.63, 3.8) is 0 Å². The largest absolute Gasteiger partial charge is 0.418 e. The maximum absolute atomic E-state index is 12.7. The molecule has 1 amide bonds. The van der Waals surface area contributed by atoms with Crippen LogP contribution in [0.4, 0.5) is 5.69 Å². The fourth-order valence-electron chi connectivity index (χ4n) is 4.40. The molecule has 0 unspecified atom stereocenters. The zero-order valence-electron chi connectivity index (χ0n) is 20.6. The van der Waals surface area contributed by atoms with Crippen molar-refractivity contribution in [2.24, 2.45) is 5.92 Å². The zero-order valence-corrected chi connectivity index (χ0v) is 20.6. The van der Waals surface area contributed by atoms with Gasteiger partial charge in [0.2, 0.25) is 0 Å². The van der Waals surface area contributed by atoms with Crippen molar-refractivity contribution in [1.82, 2.24) is 20.4 Å². The molecule has 2 aromatic carbocycles. The normalized spacial score (nSPS) is 16.8. The van der Waals surface area contributed by atoms with Crippen LogP contribution < -0.4 is 14.8 Å². The standard InChI is InChI=1S/C26H23N5O8/c32-20-8-9-21(33)38-23-19(31(35)36)7-6-18(22(23)37-20)26-28-24(29-39-26)25(34)27-14-16-10-12-30(13-11-16)15-17-4-2-1-3-5-17/h1-9,16H,10-15H2,(H,27,34)/b9-8+. The number of nitrogens with one attached hydrogen (secondary N) is 1. The van der Waals surface area contributed by atoms with Crippen LogP contribution in [0.3, 0.4) is 0 Å². The van der Waals surface area contributed by atoms with Crippen molar-refractivity contribution in [3.05, 3.63) is 76.1 Å². The Morgan fingerprint density at radius 3 is 2.41 bits per heavy atom. The Hall–Kier alpha value is -4.91. The smallest absolute Gasteiger partial charge is 0.336 e. The molecule has 0 spiro atoms. The number of carbonyl (C=O) groups excluding carboxylic acids is 3. The van der Waals surface area contributed by atoms with E-state index in [9.17, 15) is 24.5 Å². The second-order valence-electron chi connectivity index (χ2n) is 9.06. The van der Waals surface area contributed by atoms with Crippen LogP contribution >= 0.6 is 0 Å². The van der Waals surface area contributed by atoms with E-state index in [1.807, 2.05) is 18.2 Å². The number of amides is 1. The van der Waals surface area contributed by atoms with Crippen molar-refractivity contribution in [2.75, 3.05) is 19.6 Å². The molecule has 13 nitrogen and oxygen atoms in total. The predicted molar refractivity (Wildman–Crippen MR) is 134 cm³/mol. The van der Waals surface area contributed by atoms with Gasteiger partial charge in [0.25, 0.3) is 23.4 Å². The van der Waals surface area contributed by atoms with Crippen molar-refractivity contribution in [3.8, 4) is 23.0 Å². The lowest BCUT2D eigenvalue weighted by molar-refractivity contribution is -0.385. The molecule has 1 saturated heterocycles. The Kier molecular flexibility index (Phi) is 7.41. The Morgan fingerprint density at radius 2 is 1.72 bits per heavy atom. The number of aromatic nitrogens is 2. The summed E-state index contributed by atoms with van der Waals surface area (Å²) in [6.07, 6.45) is 3.45. The Balaban J connectivity index is 1.24. The summed E-state index contributed by atoms with van der Waals surface area (Å²) in [6, 6.07) is 12.5. The molecule has 1 aromatic heterocycles. The van der Waals surface area contributed by atoms with Crippen molar-refractivity contribution in [1.29, 1.82) is 0 Å². The third-order valence-electron chi connectivity index (χ3n) is 6.42. The number of fused-ring (bicyclic) bond motifs is 1. The van der Waals surface area contributed by atoms with E-state index < -0.39 is 40.0 Å². The van der Waals surface area contributed by atoms with E-state index >= 15 is 0 Å². The number of esters is 2. The van der Waals surface area contributed by atoms with Gasteiger partial charge in [-0.1, -0.05) is 35.5 Å². The van der Waals surface area contributed by atoms with Gasteiger partial charge in [-0.25, -0.2) is 9.59 Å². The molecule has 2 aliphatic rings. The number of carbonyl (C=O) groups is 3. The maximum atomic E-state index is 12.7. The number of hydrogen-bond acceptors (Lipinski definition) is 11. The quantitative estimate of drug-likeness (QED) is 0.205. The van der Waals surface area contributed by atoms with Crippen LogP contribution in [0.1, 0.15) is 29.0 Å². The highest BCUT2D eigenvalue weighted by Crippen LogP contribution is 2.44. The summed E-state index contributed by atoms with van der Waals surface area (Å²) in [6.45, 7) is 3.18. The highest BCUT2D eigenvalue weighted by atomic mass is 16.6. The van der Waals surface area contributed by atoms with E-state index in [0.717, 1.165) is 50.7 Å². The average molecular weight is 533 g/mol. The van der Waals surface area contributed by atoms with Gasteiger partial charge < -0.3 is 19.3 Å². The molecule has 5 rings (SSSR count). The number of nitro benzene ring substituents is 1. The van der Waals surface area contributed by atoms with Gasteiger partial charge in [0, 0.05) is 31.3 Å². The number of piperidine rings is 1. The molecule has 3 heterocycles. The molecular formula is C26H23N5O8. The molecule has 0 aliphatic carbocycles. The van der Waals surface area contributed by atoms with Gasteiger partial charge in [-0.2, -0.15) is 4.98 Å².